The third-order valence-electron chi connectivity index (χ3n) is 3.12. The summed E-state index contributed by atoms with van der Waals surface area (Å²) in [5, 5.41) is 8.53. The molecule has 0 bridgehead atoms. The third kappa shape index (κ3) is 3.51. The highest BCUT2D eigenvalue weighted by Gasteiger charge is 2.26. The number of carboxylic acids is 1. The highest BCUT2D eigenvalue weighted by molar-refractivity contribution is 7.89. The Morgan fingerprint density at radius 3 is 3.00 bits per heavy atom. The summed E-state index contributed by atoms with van der Waals surface area (Å²) in [6.45, 7) is 0.748. The van der Waals surface area contributed by atoms with E-state index in [1.807, 2.05) is 6.07 Å². The molecule has 0 saturated heterocycles. The first-order valence-electron chi connectivity index (χ1n) is 6.11. The van der Waals surface area contributed by atoms with Crippen LogP contribution in [-0.2, 0) is 27.8 Å². The number of carbonyl (C=O) groups is 1. The second-order valence-electron chi connectivity index (χ2n) is 4.51. The maximum atomic E-state index is 12.1. The molecule has 19 heavy (non-hydrogen) atoms. The molecule has 6 nitrogen and oxygen atoms in total. The maximum Gasteiger partial charge on any atom is 0.303 e. The minimum absolute atomic E-state index is 0.116. The van der Waals surface area contributed by atoms with Gasteiger partial charge in [-0.2, -0.15) is 4.31 Å². The van der Waals surface area contributed by atoms with Crippen molar-refractivity contribution in [2.24, 2.45) is 0 Å². The van der Waals surface area contributed by atoms with Gasteiger partial charge in [-0.25, -0.2) is 8.42 Å². The predicted octanol–water partition coefficient (Wildman–Crippen LogP) is 0.634. The Morgan fingerprint density at radius 2 is 2.26 bits per heavy atom. The van der Waals surface area contributed by atoms with Gasteiger partial charge in [0.1, 0.15) is 0 Å². The average molecular weight is 284 g/mol. The van der Waals surface area contributed by atoms with E-state index in [-0.39, 0.29) is 18.6 Å². The first kappa shape index (κ1) is 14.0. The van der Waals surface area contributed by atoms with Gasteiger partial charge in [-0.15, -0.1) is 0 Å². The van der Waals surface area contributed by atoms with Crippen LogP contribution >= 0.6 is 0 Å². The van der Waals surface area contributed by atoms with Gasteiger partial charge in [-0.05, 0) is 18.1 Å². The van der Waals surface area contributed by atoms with Gasteiger partial charge in [-0.1, -0.05) is 6.07 Å². The number of hydrogen-bond acceptors (Lipinski definition) is 4. The van der Waals surface area contributed by atoms with Gasteiger partial charge >= 0.3 is 5.97 Å². The number of pyridine rings is 1. The minimum atomic E-state index is -3.38. The first-order chi connectivity index (χ1) is 8.99. The summed E-state index contributed by atoms with van der Waals surface area (Å²) in [5.41, 5.74) is 1.87. The van der Waals surface area contributed by atoms with Crippen LogP contribution in [0.15, 0.2) is 18.3 Å². The van der Waals surface area contributed by atoms with Crippen LogP contribution in [0.1, 0.15) is 24.1 Å². The molecule has 0 aromatic carbocycles. The van der Waals surface area contributed by atoms with Crippen molar-refractivity contribution < 1.29 is 18.3 Å². The van der Waals surface area contributed by atoms with E-state index >= 15 is 0 Å². The number of aliphatic carboxylic acids is 1. The Hall–Kier alpha value is -1.47. The van der Waals surface area contributed by atoms with Crippen LogP contribution in [0.4, 0.5) is 0 Å². The maximum absolute atomic E-state index is 12.1. The molecule has 0 spiro atoms. The predicted molar refractivity (Wildman–Crippen MR) is 69.0 cm³/mol. The van der Waals surface area contributed by atoms with Gasteiger partial charge in [0.2, 0.25) is 10.0 Å². The summed E-state index contributed by atoms with van der Waals surface area (Å²) < 4.78 is 25.6. The summed E-state index contributed by atoms with van der Waals surface area (Å²) in [7, 11) is -3.38. The Kier molecular flexibility index (Phi) is 4.16. The molecule has 7 heteroatoms. The topological polar surface area (TPSA) is 87.6 Å². The standard InChI is InChI=1S/C12H16N2O4S/c15-12(16)4-2-8-19(17,18)14-7-5-11-10(9-14)3-1-6-13-11/h1,3,6H,2,4-5,7-9H2,(H,15,16). The van der Waals surface area contributed by atoms with Crippen molar-refractivity contribution >= 4 is 16.0 Å². The van der Waals surface area contributed by atoms with E-state index in [2.05, 4.69) is 4.98 Å². The van der Waals surface area contributed by atoms with Crippen molar-refractivity contribution in [3.05, 3.63) is 29.6 Å². The van der Waals surface area contributed by atoms with Crippen LogP contribution in [0.2, 0.25) is 0 Å². The molecular formula is C12H16N2O4S. The second-order valence-corrected chi connectivity index (χ2v) is 6.59. The van der Waals surface area contributed by atoms with Crippen LogP contribution < -0.4 is 0 Å². The van der Waals surface area contributed by atoms with Gasteiger partial charge in [-0.3, -0.25) is 9.78 Å². The Balaban J connectivity index is 2.01. The Bertz CT molecular complexity index is 571. The molecule has 1 N–H and O–H groups in total. The molecular weight excluding hydrogens is 268 g/mol. The number of hydrogen-bond donors (Lipinski definition) is 1. The SMILES string of the molecule is O=C(O)CCCS(=O)(=O)N1CCc2ncccc2C1. The minimum Gasteiger partial charge on any atom is -0.481 e. The molecule has 2 rings (SSSR count). The van der Waals surface area contributed by atoms with Crippen molar-refractivity contribution in [3.63, 3.8) is 0 Å². The summed E-state index contributed by atoms with van der Waals surface area (Å²) in [4.78, 5) is 14.6. The monoisotopic (exact) mass is 284 g/mol. The van der Waals surface area contributed by atoms with Gasteiger partial charge in [0, 0.05) is 37.8 Å². The summed E-state index contributed by atoms with van der Waals surface area (Å²) in [6, 6.07) is 3.67. The smallest absolute Gasteiger partial charge is 0.303 e. The number of aromatic nitrogens is 1. The molecule has 0 aliphatic carbocycles. The molecule has 0 unspecified atom stereocenters. The largest absolute Gasteiger partial charge is 0.481 e. The summed E-state index contributed by atoms with van der Waals surface area (Å²) in [6.07, 6.45) is 2.34. The Morgan fingerprint density at radius 1 is 1.47 bits per heavy atom. The van der Waals surface area contributed by atoms with Crippen LogP contribution in [0.3, 0.4) is 0 Å². The van der Waals surface area contributed by atoms with E-state index < -0.39 is 16.0 Å². The zero-order chi connectivity index (χ0) is 13.9. The first-order valence-corrected chi connectivity index (χ1v) is 7.72. The lowest BCUT2D eigenvalue weighted by Gasteiger charge is -2.27. The van der Waals surface area contributed by atoms with Crippen LogP contribution in [0.5, 0.6) is 0 Å². The Labute approximate surface area is 112 Å². The number of nitrogens with zero attached hydrogens (tertiary/aromatic N) is 2. The average Bonchev–Trinajstić information content (AvgIpc) is 2.37. The highest BCUT2D eigenvalue weighted by atomic mass is 32.2. The van der Waals surface area contributed by atoms with Crippen molar-refractivity contribution in [1.29, 1.82) is 0 Å². The zero-order valence-electron chi connectivity index (χ0n) is 10.4. The van der Waals surface area contributed by atoms with Gasteiger partial charge in [0.05, 0.1) is 5.75 Å². The molecule has 0 saturated carbocycles. The van der Waals surface area contributed by atoms with Crippen molar-refractivity contribution in [2.45, 2.75) is 25.8 Å². The fourth-order valence-corrected chi connectivity index (χ4v) is 3.58. The molecule has 1 aromatic rings. The van der Waals surface area contributed by atoms with E-state index in [0.29, 0.717) is 19.5 Å². The van der Waals surface area contributed by atoms with Crippen LogP contribution in [0, 0.1) is 0 Å². The lowest BCUT2D eigenvalue weighted by Crippen LogP contribution is -2.37. The third-order valence-corrected chi connectivity index (χ3v) is 5.02. The van der Waals surface area contributed by atoms with E-state index in [1.54, 1.807) is 12.3 Å². The number of carboxylic acid groups (broad SMARTS) is 1. The quantitative estimate of drug-likeness (QED) is 0.857. The molecule has 104 valence electrons. The van der Waals surface area contributed by atoms with Gasteiger partial charge in [0.25, 0.3) is 0 Å². The molecule has 1 aromatic heterocycles. The fourth-order valence-electron chi connectivity index (χ4n) is 2.11. The van der Waals surface area contributed by atoms with Crippen LogP contribution in [-0.4, -0.2) is 41.1 Å². The number of sulfonamides is 1. The van der Waals surface area contributed by atoms with Gasteiger partial charge in [0.15, 0.2) is 0 Å². The van der Waals surface area contributed by atoms with Gasteiger partial charge < -0.3 is 5.11 Å². The molecule has 0 amide bonds. The zero-order valence-corrected chi connectivity index (χ0v) is 11.3. The lowest BCUT2D eigenvalue weighted by atomic mass is 10.1. The molecule has 1 aliphatic rings. The van der Waals surface area contributed by atoms with E-state index in [4.69, 9.17) is 5.11 Å². The number of fused-ring (bicyclic) bond motifs is 1. The van der Waals surface area contributed by atoms with Crippen molar-refractivity contribution in [1.82, 2.24) is 9.29 Å². The molecule has 0 atom stereocenters. The number of rotatable bonds is 5. The summed E-state index contributed by atoms with van der Waals surface area (Å²) in [5.74, 6) is -1.09. The highest BCUT2D eigenvalue weighted by Crippen LogP contribution is 2.19. The van der Waals surface area contributed by atoms with E-state index in [9.17, 15) is 13.2 Å². The normalized spacial score (nSPS) is 16.0. The van der Waals surface area contributed by atoms with E-state index in [0.717, 1.165) is 11.3 Å². The van der Waals surface area contributed by atoms with Crippen molar-refractivity contribution in [2.75, 3.05) is 12.3 Å². The van der Waals surface area contributed by atoms with E-state index in [1.165, 1.54) is 4.31 Å². The summed E-state index contributed by atoms with van der Waals surface area (Å²) >= 11 is 0. The second kappa shape index (κ2) is 5.66. The van der Waals surface area contributed by atoms with Crippen LogP contribution in [0.25, 0.3) is 0 Å². The molecule has 0 fully saturated rings. The lowest BCUT2D eigenvalue weighted by molar-refractivity contribution is -0.137. The fraction of sp³-hybridized carbons (Fsp3) is 0.500. The molecule has 0 radical (unpaired) electrons. The van der Waals surface area contributed by atoms with Crippen molar-refractivity contribution in [3.8, 4) is 0 Å². The molecule has 1 aliphatic heterocycles. The molecule has 2 heterocycles.